The summed E-state index contributed by atoms with van der Waals surface area (Å²) in [7, 11) is 0. The Hall–Kier alpha value is -2.96. The minimum atomic E-state index is -0.371. The van der Waals surface area contributed by atoms with Crippen molar-refractivity contribution >= 4 is 28.9 Å². The van der Waals surface area contributed by atoms with E-state index in [0.29, 0.717) is 17.9 Å². The lowest BCUT2D eigenvalue weighted by molar-refractivity contribution is -0.115. The fourth-order valence-electron chi connectivity index (χ4n) is 2.90. The van der Waals surface area contributed by atoms with E-state index in [2.05, 4.69) is 47.9 Å². The van der Waals surface area contributed by atoms with Crippen molar-refractivity contribution in [3.63, 3.8) is 0 Å². The average Bonchev–Trinajstić information content (AvgIpc) is 3.25. The molecule has 150 valence electrons. The van der Waals surface area contributed by atoms with Gasteiger partial charge >= 0.3 is 5.97 Å². The molecule has 5 nitrogen and oxygen atoms in total. The third-order valence-corrected chi connectivity index (χ3v) is 5.32. The predicted molar refractivity (Wildman–Crippen MR) is 116 cm³/mol. The standard InChI is InChI=1S/C23H24N2O3S/c1-3-28-23(27)18-10-12-19(13-11-18)25-21(26)15-24-22(20-5-4-14-29-20)17-8-6-16(2)7-9-17/h4-14,22,24H,3,15H2,1-2H3,(H,25,26)/t22-/m0/s1. The molecule has 0 radical (unpaired) electrons. The number of nitrogens with one attached hydrogen (secondary N) is 2. The Bertz CT molecular complexity index is 935. The van der Waals surface area contributed by atoms with Gasteiger partial charge in [-0.3, -0.25) is 10.1 Å². The van der Waals surface area contributed by atoms with Crippen molar-refractivity contribution in [1.82, 2.24) is 5.32 Å². The number of rotatable bonds is 8. The van der Waals surface area contributed by atoms with E-state index >= 15 is 0 Å². The van der Waals surface area contributed by atoms with Crippen molar-refractivity contribution in [2.75, 3.05) is 18.5 Å². The van der Waals surface area contributed by atoms with Gasteiger partial charge in [-0.15, -0.1) is 11.3 Å². The first-order valence-electron chi connectivity index (χ1n) is 9.47. The summed E-state index contributed by atoms with van der Waals surface area (Å²) in [6.07, 6.45) is 0. The average molecular weight is 409 g/mol. The Morgan fingerprint density at radius 2 is 1.76 bits per heavy atom. The molecule has 0 aliphatic heterocycles. The SMILES string of the molecule is CCOC(=O)c1ccc(NC(=O)CN[C@@H](c2ccc(C)cc2)c2cccs2)cc1. The van der Waals surface area contributed by atoms with Crippen molar-refractivity contribution in [2.45, 2.75) is 19.9 Å². The number of hydrogen-bond acceptors (Lipinski definition) is 5. The highest BCUT2D eigenvalue weighted by atomic mass is 32.1. The zero-order chi connectivity index (χ0) is 20.6. The van der Waals surface area contributed by atoms with Crippen LogP contribution in [-0.2, 0) is 9.53 Å². The van der Waals surface area contributed by atoms with Crippen molar-refractivity contribution in [2.24, 2.45) is 0 Å². The van der Waals surface area contributed by atoms with Gasteiger partial charge < -0.3 is 10.1 Å². The zero-order valence-corrected chi connectivity index (χ0v) is 17.3. The summed E-state index contributed by atoms with van der Waals surface area (Å²) < 4.78 is 4.96. The predicted octanol–water partition coefficient (Wildman–Crippen LogP) is 4.55. The van der Waals surface area contributed by atoms with Crippen LogP contribution in [0, 0.1) is 6.92 Å². The molecule has 29 heavy (non-hydrogen) atoms. The summed E-state index contributed by atoms with van der Waals surface area (Å²) in [6, 6.07) is 19.0. The molecule has 0 bridgehead atoms. The van der Waals surface area contributed by atoms with Crippen LogP contribution in [0.2, 0.25) is 0 Å². The number of aryl methyl sites for hydroxylation is 1. The number of hydrogen-bond donors (Lipinski definition) is 2. The molecule has 0 spiro atoms. The van der Waals surface area contributed by atoms with Crippen molar-refractivity contribution in [3.05, 3.63) is 87.6 Å². The van der Waals surface area contributed by atoms with E-state index < -0.39 is 0 Å². The Morgan fingerprint density at radius 1 is 1.03 bits per heavy atom. The second kappa shape index (κ2) is 10.0. The molecule has 3 rings (SSSR count). The molecule has 0 fully saturated rings. The molecule has 1 amide bonds. The van der Waals surface area contributed by atoms with Gasteiger partial charge in [0.2, 0.25) is 5.91 Å². The van der Waals surface area contributed by atoms with Crippen molar-refractivity contribution in [3.8, 4) is 0 Å². The van der Waals surface area contributed by atoms with Crippen LogP contribution in [0.4, 0.5) is 5.69 Å². The number of carbonyl (C=O) groups excluding carboxylic acids is 2. The van der Waals surface area contributed by atoms with Crippen LogP contribution in [0.15, 0.2) is 66.0 Å². The maximum absolute atomic E-state index is 12.4. The molecule has 0 unspecified atom stereocenters. The molecule has 0 saturated heterocycles. The van der Waals surface area contributed by atoms with Gasteiger partial charge in [-0.25, -0.2) is 4.79 Å². The van der Waals surface area contributed by atoms with Crippen LogP contribution in [0.3, 0.4) is 0 Å². The van der Waals surface area contributed by atoms with Gasteiger partial charge in [-0.2, -0.15) is 0 Å². The second-order valence-electron chi connectivity index (χ2n) is 6.59. The van der Waals surface area contributed by atoms with E-state index in [0.717, 1.165) is 10.4 Å². The number of esters is 1. The molecule has 2 aromatic carbocycles. The third kappa shape index (κ3) is 5.76. The Balaban J connectivity index is 1.61. The minimum absolute atomic E-state index is 0.0486. The lowest BCUT2D eigenvalue weighted by atomic mass is 10.0. The van der Waals surface area contributed by atoms with E-state index in [-0.39, 0.29) is 24.5 Å². The number of carbonyl (C=O) groups is 2. The van der Waals surface area contributed by atoms with E-state index in [4.69, 9.17) is 4.74 Å². The molecular weight excluding hydrogens is 384 g/mol. The molecule has 6 heteroatoms. The smallest absolute Gasteiger partial charge is 0.338 e. The topological polar surface area (TPSA) is 67.4 Å². The molecular formula is C23H24N2O3S. The molecule has 1 aromatic heterocycles. The molecule has 3 aromatic rings. The summed E-state index contributed by atoms with van der Waals surface area (Å²) in [4.78, 5) is 25.3. The highest BCUT2D eigenvalue weighted by Crippen LogP contribution is 2.26. The third-order valence-electron chi connectivity index (χ3n) is 4.38. The Morgan fingerprint density at radius 3 is 2.38 bits per heavy atom. The fraction of sp³-hybridized carbons (Fsp3) is 0.217. The molecule has 0 aliphatic rings. The Kier molecular flexibility index (Phi) is 7.16. The summed E-state index contributed by atoms with van der Waals surface area (Å²) in [5.41, 5.74) is 3.40. The summed E-state index contributed by atoms with van der Waals surface area (Å²) >= 11 is 1.66. The second-order valence-corrected chi connectivity index (χ2v) is 7.57. The zero-order valence-electron chi connectivity index (χ0n) is 16.5. The fourth-order valence-corrected chi connectivity index (χ4v) is 3.73. The van der Waals surface area contributed by atoms with E-state index in [1.165, 1.54) is 5.56 Å². The molecule has 2 N–H and O–H groups in total. The van der Waals surface area contributed by atoms with Gasteiger partial charge in [-0.05, 0) is 55.1 Å². The van der Waals surface area contributed by atoms with Crippen LogP contribution in [-0.4, -0.2) is 25.0 Å². The lowest BCUT2D eigenvalue weighted by Gasteiger charge is -2.18. The molecule has 1 atom stereocenters. The maximum Gasteiger partial charge on any atom is 0.338 e. The van der Waals surface area contributed by atoms with Gasteiger partial charge in [0.05, 0.1) is 24.8 Å². The van der Waals surface area contributed by atoms with Gasteiger partial charge in [0.25, 0.3) is 0 Å². The van der Waals surface area contributed by atoms with Crippen LogP contribution in [0.25, 0.3) is 0 Å². The first kappa shape index (κ1) is 20.8. The quantitative estimate of drug-likeness (QED) is 0.537. The van der Waals surface area contributed by atoms with E-state index in [1.54, 1.807) is 42.5 Å². The molecule has 0 aliphatic carbocycles. The minimum Gasteiger partial charge on any atom is -0.462 e. The highest BCUT2D eigenvalue weighted by molar-refractivity contribution is 7.10. The van der Waals surface area contributed by atoms with Gasteiger partial charge in [0.1, 0.15) is 0 Å². The summed E-state index contributed by atoms with van der Waals surface area (Å²) in [5, 5.41) is 8.23. The normalized spacial score (nSPS) is 11.7. The maximum atomic E-state index is 12.4. The first-order valence-corrected chi connectivity index (χ1v) is 10.3. The molecule has 0 saturated carbocycles. The van der Waals surface area contributed by atoms with Crippen molar-refractivity contribution in [1.29, 1.82) is 0 Å². The van der Waals surface area contributed by atoms with E-state index in [9.17, 15) is 9.59 Å². The van der Waals surface area contributed by atoms with E-state index in [1.807, 2.05) is 11.4 Å². The Labute approximate surface area is 174 Å². The lowest BCUT2D eigenvalue weighted by Crippen LogP contribution is -2.31. The van der Waals surface area contributed by atoms with Crippen LogP contribution >= 0.6 is 11.3 Å². The first-order chi connectivity index (χ1) is 14.1. The highest BCUT2D eigenvalue weighted by Gasteiger charge is 2.16. The van der Waals surface area contributed by atoms with Gasteiger partial charge in [-0.1, -0.05) is 35.9 Å². The van der Waals surface area contributed by atoms with Crippen LogP contribution in [0.5, 0.6) is 0 Å². The van der Waals surface area contributed by atoms with Gasteiger partial charge in [0, 0.05) is 10.6 Å². The van der Waals surface area contributed by atoms with Crippen LogP contribution in [0.1, 0.15) is 39.3 Å². The number of benzene rings is 2. The monoisotopic (exact) mass is 408 g/mol. The number of thiophene rings is 1. The molecule has 1 heterocycles. The largest absolute Gasteiger partial charge is 0.462 e. The summed E-state index contributed by atoms with van der Waals surface area (Å²) in [6.45, 7) is 4.31. The van der Waals surface area contributed by atoms with Crippen molar-refractivity contribution < 1.29 is 14.3 Å². The number of ether oxygens (including phenoxy) is 1. The van der Waals surface area contributed by atoms with Crippen LogP contribution < -0.4 is 10.6 Å². The summed E-state index contributed by atoms with van der Waals surface area (Å²) in [5.74, 6) is -0.522. The number of anilines is 1. The van der Waals surface area contributed by atoms with Gasteiger partial charge in [0.15, 0.2) is 0 Å². The number of amides is 1.